The molecule has 0 spiro atoms. The average Bonchev–Trinajstić information content (AvgIpc) is 2.71. The van der Waals surface area contributed by atoms with Crippen LogP contribution in [0.2, 0.25) is 5.02 Å². The zero-order chi connectivity index (χ0) is 19.5. The number of hydrogen-bond acceptors (Lipinski definition) is 4. The topological polar surface area (TPSA) is 66.9 Å². The second-order valence-corrected chi connectivity index (χ2v) is 6.76. The second kappa shape index (κ2) is 7.66. The van der Waals surface area contributed by atoms with Gasteiger partial charge in [0.05, 0.1) is 16.8 Å². The number of para-hydroxylation sites is 1. The third-order valence-corrected chi connectivity index (χ3v) is 4.76. The Morgan fingerprint density at radius 3 is 2.64 bits per heavy atom. The molecule has 0 unspecified atom stereocenters. The monoisotopic (exact) mass is 388 g/mol. The van der Waals surface area contributed by atoms with Gasteiger partial charge >= 0.3 is 0 Å². The smallest absolute Gasteiger partial charge is 0.257 e. The van der Waals surface area contributed by atoms with Crippen LogP contribution in [0.15, 0.2) is 73.1 Å². The normalized spacial score (nSPS) is 10.6. The SMILES string of the molecule is Cc1ccc(Nc2ccc(C(=O)Nc3cccc4cccnc34)cn2)cc1Cl. The van der Waals surface area contributed by atoms with Gasteiger partial charge in [0.25, 0.3) is 5.91 Å². The number of pyridine rings is 2. The number of aromatic nitrogens is 2. The van der Waals surface area contributed by atoms with E-state index in [4.69, 9.17) is 11.6 Å². The molecular formula is C22H17ClN4O. The van der Waals surface area contributed by atoms with Crippen LogP contribution < -0.4 is 10.6 Å². The molecule has 0 aliphatic carbocycles. The molecule has 1 amide bonds. The predicted molar refractivity (Wildman–Crippen MR) is 113 cm³/mol. The van der Waals surface area contributed by atoms with E-state index in [2.05, 4.69) is 20.6 Å². The van der Waals surface area contributed by atoms with Gasteiger partial charge in [-0.3, -0.25) is 9.78 Å². The molecular weight excluding hydrogens is 372 g/mol. The zero-order valence-electron chi connectivity index (χ0n) is 15.1. The fraction of sp³-hybridized carbons (Fsp3) is 0.0455. The van der Waals surface area contributed by atoms with Crippen LogP contribution in [-0.2, 0) is 0 Å². The fourth-order valence-electron chi connectivity index (χ4n) is 2.82. The van der Waals surface area contributed by atoms with Gasteiger partial charge in [-0.25, -0.2) is 4.98 Å². The Kier molecular flexibility index (Phi) is 4.91. The molecule has 0 aliphatic heterocycles. The number of hydrogen-bond donors (Lipinski definition) is 2. The van der Waals surface area contributed by atoms with Crippen LogP contribution in [0.5, 0.6) is 0 Å². The molecule has 2 N–H and O–H groups in total. The minimum atomic E-state index is -0.240. The van der Waals surface area contributed by atoms with E-state index in [1.165, 1.54) is 6.20 Å². The number of amides is 1. The van der Waals surface area contributed by atoms with Gasteiger partial charge in [0.1, 0.15) is 5.82 Å². The Hall–Kier alpha value is -3.44. The first kappa shape index (κ1) is 17.9. The minimum absolute atomic E-state index is 0.240. The third-order valence-electron chi connectivity index (χ3n) is 4.35. The number of anilines is 3. The summed E-state index contributed by atoms with van der Waals surface area (Å²) < 4.78 is 0. The lowest BCUT2D eigenvalue weighted by molar-refractivity contribution is 0.102. The van der Waals surface area contributed by atoms with Crippen LogP contribution >= 0.6 is 11.6 Å². The summed E-state index contributed by atoms with van der Waals surface area (Å²) in [7, 11) is 0. The van der Waals surface area contributed by atoms with Crippen molar-refractivity contribution in [1.82, 2.24) is 9.97 Å². The molecule has 0 fully saturated rings. The number of halogens is 1. The number of nitrogens with one attached hydrogen (secondary N) is 2. The van der Waals surface area contributed by atoms with Crippen molar-refractivity contribution in [2.45, 2.75) is 6.92 Å². The number of carbonyl (C=O) groups excluding carboxylic acids is 1. The lowest BCUT2D eigenvalue weighted by Crippen LogP contribution is -2.12. The van der Waals surface area contributed by atoms with Crippen molar-refractivity contribution >= 4 is 45.6 Å². The van der Waals surface area contributed by atoms with Crippen LogP contribution in [0.25, 0.3) is 10.9 Å². The summed E-state index contributed by atoms with van der Waals surface area (Å²) in [5.74, 6) is 0.388. The summed E-state index contributed by atoms with van der Waals surface area (Å²) in [5, 5.41) is 7.73. The molecule has 5 nitrogen and oxygen atoms in total. The highest BCUT2D eigenvalue weighted by Crippen LogP contribution is 2.23. The van der Waals surface area contributed by atoms with Gasteiger partial charge in [-0.15, -0.1) is 0 Å². The van der Waals surface area contributed by atoms with Gasteiger partial charge in [0.2, 0.25) is 0 Å². The number of aryl methyl sites for hydroxylation is 1. The quantitative estimate of drug-likeness (QED) is 0.478. The second-order valence-electron chi connectivity index (χ2n) is 6.36. The van der Waals surface area contributed by atoms with Gasteiger partial charge in [-0.1, -0.05) is 35.9 Å². The van der Waals surface area contributed by atoms with E-state index in [9.17, 15) is 4.79 Å². The van der Waals surface area contributed by atoms with Gasteiger partial charge in [0.15, 0.2) is 0 Å². The summed E-state index contributed by atoms with van der Waals surface area (Å²) in [6, 6.07) is 18.7. The van der Waals surface area contributed by atoms with Crippen molar-refractivity contribution in [3.8, 4) is 0 Å². The minimum Gasteiger partial charge on any atom is -0.340 e. The maximum Gasteiger partial charge on any atom is 0.257 e. The largest absolute Gasteiger partial charge is 0.340 e. The van der Waals surface area contributed by atoms with Crippen LogP contribution in [-0.4, -0.2) is 15.9 Å². The number of carbonyl (C=O) groups is 1. The average molecular weight is 389 g/mol. The molecule has 28 heavy (non-hydrogen) atoms. The Balaban J connectivity index is 1.50. The van der Waals surface area contributed by atoms with E-state index in [1.54, 1.807) is 18.3 Å². The molecule has 0 radical (unpaired) electrons. The van der Waals surface area contributed by atoms with Gasteiger partial charge in [0, 0.05) is 28.5 Å². The maximum atomic E-state index is 12.6. The molecule has 0 bridgehead atoms. The highest BCUT2D eigenvalue weighted by Gasteiger charge is 2.10. The van der Waals surface area contributed by atoms with Crippen molar-refractivity contribution in [2.75, 3.05) is 10.6 Å². The van der Waals surface area contributed by atoms with E-state index >= 15 is 0 Å². The van der Waals surface area contributed by atoms with Crippen molar-refractivity contribution in [1.29, 1.82) is 0 Å². The molecule has 0 atom stereocenters. The van der Waals surface area contributed by atoms with E-state index in [0.717, 1.165) is 22.2 Å². The molecule has 2 aromatic carbocycles. The van der Waals surface area contributed by atoms with E-state index in [0.29, 0.717) is 22.1 Å². The first-order valence-electron chi connectivity index (χ1n) is 8.74. The molecule has 0 saturated heterocycles. The van der Waals surface area contributed by atoms with Crippen LogP contribution in [0, 0.1) is 6.92 Å². The Morgan fingerprint density at radius 2 is 1.86 bits per heavy atom. The van der Waals surface area contributed by atoms with Gasteiger partial charge in [-0.2, -0.15) is 0 Å². The number of fused-ring (bicyclic) bond motifs is 1. The van der Waals surface area contributed by atoms with E-state index in [-0.39, 0.29) is 5.91 Å². The van der Waals surface area contributed by atoms with Crippen LogP contribution in [0.3, 0.4) is 0 Å². The number of rotatable bonds is 4. The molecule has 0 saturated carbocycles. The summed E-state index contributed by atoms with van der Waals surface area (Å²) in [4.78, 5) is 21.3. The molecule has 2 heterocycles. The molecule has 138 valence electrons. The highest BCUT2D eigenvalue weighted by atomic mass is 35.5. The van der Waals surface area contributed by atoms with Crippen molar-refractivity contribution < 1.29 is 4.79 Å². The molecule has 6 heteroatoms. The van der Waals surface area contributed by atoms with Crippen molar-refractivity contribution in [3.05, 3.63) is 89.2 Å². The van der Waals surface area contributed by atoms with Crippen LogP contribution in [0.1, 0.15) is 15.9 Å². The summed E-state index contributed by atoms with van der Waals surface area (Å²) in [6.07, 6.45) is 3.24. The lowest BCUT2D eigenvalue weighted by Gasteiger charge is -2.09. The third kappa shape index (κ3) is 3.80. The van der Waals surface area contributed by atoms with Gasteiger partial charge < -0.3 is 10.6 Å². The standard InChI is InChI=1S/C22H17ClN4O/c1-14-7-9-17(12-18(14)23)26-20-10-8-16(13-25-20)22(28)27-19-6-2-4-15-5-3-11-24-21(15)19/h2-13H,1H3,(H,25,26)(H,27,28). The maximum absolute atomic E-state index is 12.6. The molecule has 0 aliphatic rings. The summed E-state index contributed by atoms with van der Waals surface area (Å²) in [6.45, 7) is 1.95. The van der Waals surface area contributed by atoms with E-state index in [1.807, 2.05) is 55.5 Å². The van der Waals surface area contributed by atoms with E-state index < -0.39 is 0 Å². The summed E-state index contributed by atoms with van der Waals surface area (Å²) >= 11 is 6.15. The summed E-state index contributed by atoms with van der Waals surface area (Å²) in [5.41, 5.74) is 3.72. The van der Waals surface area contributed by atoms with Crippen molar-refractivity contribution in [3.63, 3.8) is 0 Å². The van der Waals surface area contributed by atoms with Crippen molar-refractivity contribution in [2.24, 2.45) is 0 Å². The first-order valence-corrected chi connectivity index (χ1v) is 9.12. The predicted octanol–water partition coefficient (Wildman–Crippen LogP) is 5.59. The Morgan fingerprint density at radius 1 is 1.00 bits per heavy atom. The molecule has 4 rings (SSSR count). The molecule has 4 aromatic rings. The first-order chi connectivity index (χ1) is 13.6. The number of benzene rings is 2. The molecule has 2 aromatic heterocycles. The van der Waals surface area contributed by atoms with Gasteiger partial charge in [-0.05, 0) is 48.9 Å². The Labute approximate surface area is 167 Å². The Bertz CT molecular complexity index is 1150. The fourth-order valence-corrected chi connectivity index (χ4v) is 3.00. The lowest BCUT2D eigenvalue weighted by atomic mass is 10.2. The van der Waals surface area contributed by atoms with Crippen LogP contribution in [0.4, 0.5) is 17.2 Å². The highest BCUT2D eigenvalue weighted by molar-refractivity contribution is 6.31. The zero-order valence-corrected chi connectivity index (χ0v) is 15.9. The number of nitrogens with zero attached hydrogens (tertiary/aromatic N) is 2.